The van der Waals surface area contributed by atoms with Gasteiger partial charge in [-0.3, -0.25) is 0 Å². The van der Waals surface area contributed by atoms with E-state index in [9.17, 15) is 4.39 Å². The lowest BCUT2D eigenvalue weighted by Gasteiger charge is -2.27. The summed E-state index contributed by atoms with van der Waals surface area (Å²) in [6, 6.07) is 3.04. The highest BCUT2D eigenvalue weighted by molar-refractivity contribution is 6.31. The second-order valence-corrected chi connectivity index (χ2v) is 6.31. The van der Waals surface area contributed by atoms with Crippen LogP contribution in [0.2, 0.25) is 5.02 Å². The normalized spacial score (nSPS) is 17.7. The monoisotopic (exact) mass is 300 g/mol. The summed E-state index contributed by atoms with van der Waals surface area (Å²) in [5.74, 6) is 1.04. The van der Waals surface area contributed by atoms with Crippen LogP contribution in [-0.4, -0.2) is 9.55 Å². The number of fused-ring (bicyclic) bond motifs is 1. The molecule has 1 fully saturated rings. The Morgan fingerprint density at radius 1 is 1.47 bits per heavy atom. The fraction of sp³-hybridized carbons (Fsp3) is 0.500. The van der Waals surface area contributed by atoms with E-state index in [1.807, 2.05) is 6.92 Å². The SMILES string of the molecule is CC(Cl)c1nc2cc(F)c(Cl)cc2n1CC1CCC1. The minimum absolute atomic E-state index is 0.135. The van der Waals surface area contributed by atoms with Crippen molar-refractivity contribution in [3.63, 3.8) is 0 Å². The van der Waals surface area contributed by atoms with Crippen molar-refractivity contribution < 1.29 is 4.39 Å². The van der Waals surface area contributed by atoms with Crippen molar-refractivity contribution in [2.45, 2.75) is 38.1 Å². The van der Waals surface area contributed by atoms with Crippen molar-refractivity contribution in [3.05, 3.63) is 28.8 Å². The standard InChI is InChI=1S/C14H15Cl2FN2/c1-8(15)14-18-12-6-11(17)10(16)5-13(12)19(14)7-9-3-2-4-9/h5-6,8-9H,2-4,7H2,1H3. The number of benzene rings is 1. The summed E-state index contributed by atoms with van der Waals surface area (Å²) < 4.78 is 15.6. The maximum atomic E-state index is 13.5. The second-order valence-electron chi connectivity index (χ2n) is 5.25. The highest BCUT2D eigenvalue weighted by Crippen LogP contribution is 2.33. The predicted octanol–water partition coefficient (Wildman–Crippen LogP) is 4.93. The number of halogens is 3. The van der Waals surface area contributed by atoms with Crippen molar-refractivity contribution in [2.24, 2.45) is 5.92 Å². The number of hydrogen-bond acceptors (Lipinski definition) is 1. The van der Waals surface area contributed by atoms with Gasteiger partial charge in [0.25, 0.3) is 0 Å². The van der Waals surface area contributed by atoms with E-state index in [2.05, 4.69) is 9.55 Å². The van der Waals surface area contributed by atoms with E-state index >= 15 is 0 Å². The fourth-order valence-electron chi connectivity index (χ4n) is 2.57. The van der Waals surface area contributed by atoms with Gasteiger partial charge in [-0.25, -0.2) is 9.37 Å². The quantitative estimate of drug-likeness (QED) is 0.735. The first-order valence-electron chi connectivity index (χ1n) is 6.55. The molecule has 1 aromatic heterocycles. The number of hydrogen-bond donors (Lipinski definition) is 0. The third-order valence-corrected chi connectivity index (χ3v) is 4.33. The van der Waals surface area contributed by atoms with Crippen molar-refractivity contribution in [3.8, 4) is 0 Å². The second kappa shape index (κ2) is 4.95. The van der Waals surface area contributed by atoms with Crippen LogP contribution in [0.3, 0.4) is 0 Å². The summed E-state index contributed by atoms with van der Waals surface area (Å²) in [5.41, 5.74) is 1.50. The van der Waals surface area contributed by atoms with E-state index in [1.165, 1.54) is 25.3 Å². The van der Waals surface area contributed by atoms with Gasteiger partial charge in [-0.05, 0) is 31.7 Å². The molecule has 1 heterocycles. The molecule has 1 unspecified atom stereocenters. The van der Waals surface area contributed by atoms with Crippen molar-refractivity contribution in [1.29, 1.82) is 0 Å². The average molecular weight is 301 g/mol. The molecule has 0 N–H and O–H groups in total. The molecular weight excluding hydrogens is 286 g/mol. The molecule has 1 aromatic carbocycles. The minimum atomic E-state index is -0.434. The van der Waals surface area contributed by atoms with Crippen molar-refractivity contribution in [2.75, 3.05) is 0 Å². The van der Waals surface area contributed by atoms with Gasteiger partial charge in [0.2, 0.25) is 0 Å². The van der Waals surface area contributed by atoms with Gasteiger partial charge in [-0.1, -0.05) is 18.0 Å². The minimum Gasteiger partial charge on any atom is -0.326 e. The maximum absolute atomic E-state index is 13.5. The Hall–Kier alpha value is -0.800. The largest absolute Gasteiger partial charge is 0.326 e. The number of imidazole rings is 1. The number of rotatable bonds is 3. The van der Waals surface area contributed by atoms with Gasteiger partial charge in [0, 0.05) is 12.6 Å². The summed E-state index contributed by atoms with van der Waals surface area (Å²) >= 11 is 12.1. The molecular formula is C14H15Cl2FN2. The van der Waals surface area contributed by atoms with E-state index < -0.39 is 5.82 Å². The maximum Gasteiger partial charge on any atom is 0.144 e. The molecule has 0 bridgehead atoms. The Kier molecular flexibility index (Phi) is 3.44. The van der Waals surface area contributed by atoms with Crippen LogP contribution in [0.1, 0.15) is 37.4 Å². The van der Waals surface area contributed by atoms with Crippen LogP contribution in [0.4, 0.5) is 4.39 Å². The Morgan fingerprint density at radius 2 is 2.21 bits per heavy atom. The van der Waals surface area contributed by atoms with Gasteiger partial charge >= 0.3 is 0 Å². The Balaban J connectivity index is 2.13. The molecule has 2 aromatic rings. The Labute approximate surface area is 121 Å². The molecule has 102 valence electrons. The molecule has 0 saturated heterocycles. The molecule has 1 aliphatic rings. The van der Waals surface area contributed by atoms with Crippen LogP contribution in [-0.2, 0) is 6.54 Å². The Bertz CT molecular complexity index is 617. The van der Waals surface area contributed by atoms with E-state index in [0.29, 0.717) is 11.4 Å². The van der Waals surface area contributed by atoms with Gasteiger partial charge in [0.1, 0.15) is 11.6 Å². The summed E-state index contributed by atoms with van der Waals surface area (Å²) in [7, 11) is 0. The lowest BCUT2D eigenvalue weighted by atomic mass is 9.85. The molecule has 5 heteroatoms. The van der Waals surface area contributed by atoms with Crippen LogP contribution < -0.4 is 0 Å². The zero-order valence-electron chi connectivity index (χ0n) is 10.7. The van der Waals surface area contributed by atoms with Crippen LogP contribution in [0.25, 0.3) is 11.0 Å². The van der Waals surface area contributed by atoms with E-state index in [0.717, 1.165) is 17.9 Å². The van der Waals surface area contributed by atoms with Gasteiger partial charge in [-0.15, -0.1) is 11.6 Å². The fourth-order valence-corrected chi connectivity index (χ4v) is 2.89. The van der Waals surface area contributed by atoms with E-state index in [1.54, 1.807) is 6.07 Å². The van der Waals surface area contributed by atoms with Crippen LogP contribution in [0.5, 0.6) is 0 Å². The highest BCUT2D eigenvalue weighted by atomic mass is 35.5. The molecule has 3 rings (SSSR count). The topological polar surface area (TPSA) is 17.8 Å². The molecule has 2 nitrogen and oxygen atoms in total. The van der Waals surface area contributed by atoms with Crippen LogP contribution >= 0.6 is 23.2 Å². The molecule has 0 aliphatic heterocycles. The molecule has 1 aliphatic carbocycles. The lowest BCUT2D eigenvalue weighted by Crippen LogP contribution is -2.19. The highest BCUT2D eigenvalue weighted by Gasteiger charge is 2.23. The van der Waals surface area contributed by atoms with Crippen LogP contribution in [0, 0.1) is 11.7 Å². The first-order valence-corrected chi connectivity index (χ1v) is 7.37. The van der Waals surface area contributed by atoms with Gasteiger partial charge in [0.15, 0.2) is 0 Å². The Morgan fingerprint density at radius 3 is 2.79 bits per heavy atom. The first kappa shape index (κ1) is 13.2. The van der Waals surface area contributed by atoms with Gasteiger partial charge in [-0.2, -0.15) is 0 Å². The zero-order valence-corrected chi connectivity index (χ0v) is 12.2. The van der Waals surface area contributed by atoms with Crippen molar-refractivity contribution in [1.82, 2.24) is 9.55 Å². The first-order chi connectivity index (χ1) is 9.06. The smallest absolute Gasteiger partial charge is 0.144 e. The molecule has 0 amide bonds. The third-order valence-electron chi connectivity index (χ3n) is 3.84. The number of nitrogens with zero attached hydrogens (tertiary/aromatic N) is 2. The molecule has 19 heavy (non-hydrogen) atoms. The number of alkyl halides is 1. The summed E-state index contributed by atoms with van der Waals surface area (Å²) in [6.07, 6.45) is 3.77. The van der Waals surface area contributed by atoms with E-state index in [4.69, 9.17) is 23.2 Å². The average Bonchev–Trinajstić information content (AvgIpc) is 2.63. The molecule has 1 atom stereocenters. The third kappa shape index (κ3) is 2.34. The van der Waals surface area contributed by atoms with Gasteiger partial charge < -0.3 is 4.57 Å². The number of aromatic nitrogens is 2. The summed E-state index contributed by atoms with van der Waals surface area (Å²) in [5, 5.41) is -0.0645. The lowest BCUT2D eigenvalue weighted by molar-refractivity contribution is 0.276. The van der Waals surface area contributed by atoms with Crippen LogP contribution in [0.15, 0.2) is 12.1 Å². The molecule has 0 spiro atoms. The van der Waals surface area contributed by atoms with E-state index in [-0.39, 0.29) is 10.4 Å². The molecule has 0 radical (unpaired) electrons. The zero-order chi connectivity index (χ0) is 13.6. The summed E-state index contributed by atoms with van der Waals surface area (Å²) in [6.45, 7) is 2.78. The predicted molar refractivity (Wildman–Crippen MR) is 76.3 cm³/mol. The van der Waals surface area contributed by atoms with Gasteiger partial charge in [0.05, 0.1) is 21.4 Å². The molecule has 1 saturated carbocycles. The summed E-state index contributed by atoms with van der Waals surface area (Å²) in [4.78, 5) is 4.46. The van der Waals surface area contributed by atoms with Crippen molar-refractivity contribution >= 4 is 34.2 Å².